The normalized spacial score (nSPS) is 14.8. The second-order valence-electron chi connectivity index (χ2n) is 5.07. The third-order valence-electron chi connectivity index (χ3n) is 3.43. The lowest BCUT2D eigenvalue weighted by atomic mass is 10.1. The molecule has 0 bridgehead atoms. The molecule has 1 aromatic carbocycles. The Morgan fingerprint density at radius 1 is 1.28 bits per heavy atom. The lowest BCUT2D eigenvalue weighted by Gasteiger charge is -2.07. The second-order valence-corrected chi connectivity index (χ2v) is 5.07. The summed E-state index contributed by atoms with van der Waals surface area (Å²) in [4.78, 5) is 19.5. The first-order chi connectivity index (χ1) is 8.65. The molecule has 1 N–H and O–H groups in total. The smallest absolute Gasteiger partial charge is 0.254 e. The molecule has 0 aliphatic heterocycles. The van der Waals surface area contributed by atoms with Crippen LogP contribution in [0.1, 0.15) is 35.7 Å². The Bertz CT molecular complexity index is 654. The van der Waals surface area contributed by atoms with E-state index in [0.717, 1.165) is 29.9 Å². The molecule has 0 amide bonds. The Kier molecular flexibility index (Phi) is 2.54. The first kappa shape index (κ1) is 11.2. The number of aromatic amines is 1. The summed E-state index contributed by atoms with van der Waals surface area (Å²) < 4.78 is 0. The maximum atomic E-state index is 12.0. The van der Waals surface area contributed by atoms with Gasteiger partial charge in [0.05, 0.1) is 5.69 Å². The van der Waals surface area contributed by atoms with Gasteiger partial charge in [0, 0.05) is 17.0 Å². The highest BCUT2D eigenvalue weighted by Crippen LogP contribution is 2.38. The number of nitrogens with zero attached hydrogens (tertiary/aromatic N) is 1. The van der Waals surface area contributed by atoms with Crippen LogP contribution in [0.15, 0.2) is 29.1 Å². The average molecular weight is 240 g/mol. The molecule has 1 aliphatic carbocycles. The fourth-order valence-electron chi connectivity index (χ4n) is 2.17. The summed E-state index contributed by atoms with van der Waals surface area (Å²) in [7, 11) is 0. The molecule has 0 atom stereocenters. The van der Waals surface area contributed by atoms with Gasteiger partial charge in [-0.25, -0.2) is 4.98 Å². The summed E-state index contributed by atoms with van der Waals surface area (Å²) in [6.07, 6.45) is 2.28. The summed E-state index contributed by atoms with van der Waals surface area (Å²) in [5.74, 6) is 1.31. The number of aryl methyl sites for hydroxylation is 1. The van der Waals surface area contributed by atoms with Crippen molar-refractivity contribution in [2.75, 3.05) is 0 Å². The van der Waals surface area contributed by atoms with Crippen molar-refractivity contribution < 1.29 is 0 Å². The van der Waals surface area contributed by atoms with Crippen LogP contribution in [0.25, 0.3) is 11.3 Å². The molecular weight excluding hydrogens is 224 g/mol. The molecule has 18 heavy (non-hydrogen) atoms. The number of benzene rings is 1. The first-order valence-electron chi connectivity index (χ1n) is 6.33. The van der Waals surface area contributed by atoms with Gasteiger partial charge in [0.25, 0.3) is 5.56 Å². The van der Waals surface area contributed by atoms with Crippen LogP contribution in [0.4, 0.5) is 0 Å². The SMILES string of the molecule is Cc1cccc(-c2nc(C3CC3)[nH]c(=O)c2C)c1. The summed E-state index contributed by atoms with van der Waals surface area (Å²) in [5, 5.41) is 0. The standard InChI is InChI=1S/C15H16N2O/c1-9-4-3-5-12(8-9)13-10(2)15(18)17-14(16-13)11-6-7-11/h3-5,8,11H,6-7H2,1-2H3,(H,16,17,18). The molecule has 3 heteroatoms. The lowest BCUT2D eigenvalue weighted by Crippen LogP contribution is -2.15. The van der Waals surface area contributed by atoms with E-state index in [9.17, 15) is 4.79 Å². The number of hydrogen-bond donors (Lipinski definition) is 1. The zero-order valence-electron chi connectivity index (χ0n) is 10.7. The molecule has 1 fully saturated rings. The third-order valence-corrected chi connectivity index (χ3v) is 3.43. The average Bonchev–Trinajstić information content (AvgIpc) is 3.16. The van der Waals surface area contributed by atoms with Crippen molar-refractivity contribution >= 4 is 0 Å². The highest BCUT2D eigenvalue weighted by Gasteiger charge is 2.27. The van der Waals surface area contributed by atoms with Crippen molar-refractivity contribution in [1.82, 2.24) is 9.97 Å². The van der Waals surface area contributed by atoms with E-state index in [4.69, 9.17) is 0 Å². The number of rotatable bonds is 2. The molecule has 0 saturated heterocycles. The van der Waals surface area contributed by atoms with Crippen molar-refractivity contribution in [2.24, 2.45) is 0 Å². The molecular formula is C15H16N2O. The van der Waals surface area contributed by atoms with Crippen LogP contribution in [0.5, 0.6) is 0 Å². The fourth-order valence-corrected chi connectivity index (χ4v) is 2.17. The quantitative estimate of drug-likeness (QED) is 0.877. The Morgan fingerprint density at radius 2 is 2.06 bits per heavy atom. The molecule has 1 aromatic heterocycles. The van der Waals surface area contributed by atoms with Crippen molar-refractivity contribution in [3.63, 3.8) is 0 Å². The van der Waals surface area contributed by atoms with Gasteiger partial charge in [-0.3, -0.25) is 4.79 Å². The van der Waals surface area contributed by atoms with Gasteiger partial charge in [0.15, 0.2) is 0 Å². The fraction of sp³-hybridized carbons (Fsp3) is 0.333. The predicted octanol–water partition coefficient (Wildman–Crippen LogP) is 2.93. The van der Waals surface area contributed by atoms with E-state index in [1.165, 1.54) is 5.56 Å². The van der Waals surface area contributed by atoms with Gasteiger partial charge >= 0.3 is 0 Å². The number of H-pyrrole nitrogens is 1. The lowest BCUT2D eigenvalue weighted by molar-refractivity contribution is 0.900. The number of hydrogen-bond acceptors (Lipinski definition) is 2. The van der Waals surface area contributed by atoms with E-state index in [-0.39, 0.29) is 5.56 Å². The topological polar surface area (TPSA) is 45.8 Å². The van der Waals surface area contributed by atoms with Crippen LogP contribution in [-0.4, -0.2) is 9.97 Å². The Labute approximate surface area is 106 Å². The Hall–Kier alpha value is -1.90. The van der Waals surface area contributed by atoms with E-state index in [2.05, 4.69) is 16.0 Å². The summed E-state index contributed by atoms with van der Waals surface area (Å²) >= 11 is 0. The molecule has 1 heterocycles. The minimum atomic E-state index is -0.0107. The number of aromatic nitrogens is 2. The number of nitrogens with one attached hydrogen (secondary N) is 1. The summed E-state index contributed by atoms with van der Waals surface area (Å²) in [6.45, 7) is 3.88. The Morgan fingerprint density at radius 3 is 2.72 bits per heavy atom. The van der Waals surface area contributed by atoms with Crippen LogP contribution >= 0.6 is 0 Å². The molecule has 0 unspecified atom stereocenters. The van der Waals surface area contributed by atoms with Crippen LogP contribution in [-0.2, 0) is 0 Å². The zero-order chi connectivity index (χ0) is 12.7. The van der Waals surface area contributed by atoms with Crippen LogP contribution < -0.4 is 5.56 Å². The first-order valence-corrected chi connectivity index (χ1v) is 6.33. The Balaban J connectivity index is 2.18. The van der Waals surface area contributed by atoms with Crippen LogP contribution in [0, 0.1) is 13.8 Å². The molecule has 0 radical (unpaired) electrons. The monoisotopic (exact) mass is 240 g/mol. The van der Waals surface area contributed by atoms with Crippen LogP contribution in [0.3, 0.4) is 0 Å². The van der Waals surface area contributed by atoms with E-state index >= 15 is 0 Å². The summed E-state index contributed by atoms with van der Waals surface area (Å²) in [6, 6.07) is 8.14. The molecule has 2 aromatic rings. The maximum absolute atomic E-state index is 12.0. The van der Waals surface area contributed by atoms with E-state index in [0.29, 0.717) is 11.5 Å². The van der Waals surface area contributed by atoms with Crippen molar-refractivity contribution in [1.29, 1.82) is 0 Å². The molecule has 1 aliphatic rings. The van der Waals surface area contributed by atoms with Gasteiger partial charge in [-0.15, -0.1) is 0 Å². The van der Waals surface area contributed by atoms with Gasteiger partial charge < -0.3 is 4.98 Å². The van der Waals surface area contributed by atoms with Gasteiger partial charge in [0.2, 0.25) is 0 Å². The maximum Gasteiger partial charge on any atom is 0.254 e. The van der Waals surface area contributed by atoms with E-state index in [1.807, 2.05) is 32.0 Å². The molecule has 1 saturated carbocycles. The van der Waals surface area contributed by atoms with Crippen LogP contribution in [0.2, 0.25) is 0 Å². The van der Waals surface area contributed by atoms with Crippen molar-refractivity contribution in [3.8, 4) is 11.3 Å². The van der Waals surface area contributed by atoms with E-state index < -0.39 is 0 Å². The zero-order valence-corrected chi connectivity index (χ0v) is 10.7. The molecule has 3 rings (SSSR count). The van der Waals surface area contributed by atoms with Gasteiger partial charge in [-0.1, -0.05) is 23.8 Å². The molecule has 0 spiro atoms. The predicted molar refractivity (Wildman–Crippen MR) is 71.7 cm³/mol. The highest BCUT2D eigenvalue weighted by atomic mass is 16.1. The molecule has 92 valence electrons. The highest BCUT2D eigenvalue weighted by molar-refractivity contribution is 5.63. The molecule has 3 nitrogen and oxygen atoms in total. The van der Waals surface area contributed by atoms with Gasteiger partial charge in [-0.2, -0.15) is 0 Å². The van der Waals surface area contributed by atoms with E-state index in [1.54, 1.807) is 0 Å². The summed E-state index contributed by atoms with van der Waals surface area (Å²) in [5.41, 5.74) is 3.72. The van der Waals surface area contributed by atoms with Gasteiger partial charge in [0.1, 0.15) is 5.82 Å². The van der Waals surface area contributed by atoms with Crippen molar-refractivity contribution in [2.45, 2.75) is 32.6 Å². The van der Waals surface area contributed by atoms with Gasteiger partial charge in [-0.05, 0) is 32.8 Å². The largest absolute Gasteiger partial charge is 0.310 e. The van der Waals surface area contributed by atoms with Crippen molar-refractivity contribution in [3.05, 3.63) is 51.6 Å². The minimum Gasteiger partial charge on any atom is -0.310 e. The third kappa shape index (κ3) is 1.96. The minimum absolute atomic E-state index is 0.0107. The second kappa shape index (κ2) is 4.09.